The van der Waals surface area contributed by atoms with Crippen molar-refractivity contribution in [3.63, 3.8) is 0 Å². The first-order chi connectivity index (χ1) is 14.0. The smallest absolute Gasteiger partial charge is 0.211 e. The van der Waals surface area contributed by atoms with Gasteiger partial charge in [-0.1, -0.05) is 6.42 Å². The lowest BCUT2D eigenvalue weighted by Gasteiger charge is -2.43. The molecule has 3 aromatic rings. The highest BCUT2D eigenvalue weighted by Crippen LogP contribution is 2.47. The maximum Gasteiger partial charge on any atom is 0.211 e. The van der Waals surface area contributed by atoms with Crippen LogP contribution in [-0.4, -0.2) is 50.3 Å². The third-order valence-corrected chi connectivity index (χ3v) is 7.37. The van der Waals surface area contributed by atoms with Crippen LogP contribution in [0.5, 0.6) is 0 Å². The minimum Gasteiger partial charge on any atom is -0.342 e. The fraction of sp³-hybridized carbons (Fsp3) is 0.591. The summed E-state index contributed by atoms with van der Waals surface area (Å²) < 4.78 is 4.09. The van der Waals surface area contributed by atoms with Crippen LogP contribution in [0.15, 0.2) is 18.6 Å². The maximum atomic E-state index is 5.08. The van der Waals surface area contributed by atoms with Crippen LogP contribution in [0.3, 0.4) is 0 Å². The third kappa shape index (κ3) is 2.78. The van der Waals surface area contributed by atoms with Crippen LogP contribution in [0.4, 0.5) is 5.95 Å². The molecule has 1 N–H and O–H groups in total. The topological polar surface area (TPSA) is 63.3 Å². The number of aromatic nitrogens is 5. The summed E-state index contributed by atoms with van der Waals surface area (Å²) in [5.74, 6) is 1.02. The molecule has 1 atom stereocenters. The molecule has 3 aromatic heterocycles. The number of anilines is 1. The molecule has 0 radical (unpaired) electrons. The third-order valence-electron chi connectivity index (χ3n) is 7.37. The number of fused-ring (bicyclic) bond motifs is 1. The summed E-state index contributed by atoms with van der Waals surface area (Å²) in [7, 11) is 4.11. The number of hydrogen-bond donors (Lipinski definition) is 1. The van der Waals surface area contributed by atoms with Crippen molar-refractivity contribution >= 4 is 11.6 Å². The van der Waals surface area contributed by atoms with Crippen molar-refractivity contribution < 1.29 is 0 Å². The Balaban J connectivity index is 1.52. The molecule has 1 saturated carbocycles. The van der Waals surface area contributed by atoms with Gasteiger partial charge in [0.15, 0.2) is 5.65 Å². The Morgan fingerprint density at radius 3 is 2.66 bits per heavy atom. The second-order valence-electron chi connectivity index (χ2n) is 8.88. The lowest BCUT2D eigenvalue weighted by atomic mass is 9.74. The van der Waals surface area contributed by atoms with Crippen LogP contribution in [0, 0.1) is 19.3 Å². The molecule has 1 aliphatic carbocycles. The normalized spacial score (nSPS) is 21.5. The predicted octanol–water partition coefficient (Wildman–Crippen LogP) is 3.11. The first-order valence-electron chi connectivity index (χ1n) is 10.8. The molecule has 29 heavy (non-hydrogen) atoms. The monoisotopic (exact) mass is 393 g/mol. The van der Waals surface area contributed by atoms with Crippen LogP contribution in [0.2, 0.25) is 0 Å². The Labute approximate surface area is 172 Å². The van der Waals surface area contributed by atoms with Gasteiger partial charge in [-0.2, -0.15) is 5.10 Å². The van der Waals surface area contributed by atoms with Gasteiger partial charge in [-0.15, -0.1) is 0 Å². The largest absolute Gasteiger partial charge is 0.342 e. The van der Waals surface area contributed by atoms with E-state index in [0.29, 0.717) is 11.5 Å². The van der Waals surface area contributed by atoms with Crippen LogP contribution in [0.1, 0.15) is 43.4 Å². The standard InChI is InChI=1S/C22H31N7/c1-15-14-25-27(4)19(15)18-16(2)26-21(29-13-10-24-20(18)29)28-11-8-22(9-12-28)7-5-6-17(22)23-3/h10,13-14,17,23H,5-9,11-12H2,1-4H3/t17-/m1/s1. The Kier molecular flexibility index (Phi) is 4.38. The molecule has 7 heteroatoms. The van der Waals surface area contributed by atoms with Crippen molar-refractivity contribution in [2.75, 3.05) is 25.0 Å². The SMILES string of the molecule is CN[C@@H]1CCCC12CCN(c1nc(C)c(-c3c(C)cnn3C)c3nccn13)CC2. The predicted molar refractivity (Wildman–Crippen MR) is 115 cm³/mol. The van der Waals surface area contributed by atoms with E-state index in [4.69, 9.17) is 9.97 Å². The summed E-state index contributed by atoms with van der Waals surface area (Å²) in [6.45, 7) is 6.31. The number of nitrogens with zero attached hydrogens (tertiary/aromatic N) is 6. The quantitative estimate of drug-likeness (QED) is 0.741. The van der Waals surface area contributed by atoms with Gasteiger partial charge in [0.25, 0.3) is 0 Å². The first kappa shape index (κ1) is 18.6. The summed E-state index contributed by atoms with van der Waals surface area (Å²) in [6, 6.07) is 0.669. The summed E-state index contributed by atoms with van der Waals surface area (Å²) in [5, 5.41) is 8.02. The van der Waals surface area contributed by atoms with E-state index in [1.165, 1.54) is 32.1 Å². The van der Waals surface area contributed by atoms with E-state index >= 15 is 0 Å². The number of rotatable bonds is 3. The number of imidazole rings is 1. The lowest BCUT2D eigenvalue weighted by Crippen LogP contribution is -2.48. The number of hydrogen-bond acceptors (Lipinski definition) is 5. The molecule has 1 saturated heterocycles. The van der Waals surface area contributed by atoms with Gasteiger partial charge < -0.3 is 10.2 Å². The zero-order chi connectivity index (χ0) is 20.2. The first-order valence-corrected chi connectivity index (χ1v) is 10.8. The average Bonchev–Trinajstić information content (AvgIpc) is 3.43. The Morgan fingerprint density at radius 1 is 1.17 bits per heavy atom. The lowest BCUT2D eigenvalue weighted by molar-refractivity contribution is 0.177. The van der Waals surface area contributed by atoms with Crippen molar-refractivity contribution in [3.05, 3.63) is 29.8 Å². The molecule has 0 aromatic carbocycles. The molecule has 2 fully saturated rings. The molecule has 7 nitrogen and oxygen atoms in total. The van der Waals surface area contributed by atoms with Crippen molar-refractivity contribution in [2.24, 2.45) is 12.5 Å². The molecule has 2 aliphatic rings. The molecular formula is C22H31N7. The second kappa shape index (κ2) is 6.83. The molecule has 0 unspecified atom stereocenters. The summed E-state index contributed by atoms with van der Waals surface area (Å²) in [6.07, 6.45) is 12.3. The highest BCUT2D eigenvalue weighted by molar-refractivity contribution is 5.80. The van der Waals surface area contributed by atoms with Gasteiger partial charge in [-0.25, -0.2) is 9.97 Å². The van der Waals surface area contributed by atoms with Gasteiger partial charge >= 0.3 is 0 Å². The van der Waals surface area contributed by atoms with Crippen molar-refractivity contribution in [2.45, 2.75) is 52.0 Å². The van der Waals surface area contributed by atoms with Crippen LogP contribution in [-0.2, 0) is 7.05 Å². The van der Waals surface area contributed by atoms with Crippen molar-refractivity contribution in [3.8, 4) is 11.3 Å². The molecular weight excluding hydrogens is 362 g/mol. The highest BCUT2D eigenvalue weighted by Gasteiger charge is 2.44. The Morgan fingerprint density at radius 2 is 1.97 bits per heavy atom. The van der Waals surface area contributed by atoms with Gasteiger partial charge in [0, 0.05) is 38.6 Å². The zero-order valence-corrected chi connectivity index (χ0v) is 17.9. The van der Waals surface area contributed by atoms with E-state index in [0.717, 1.165) is 47.2 Å². The summed E-state index contributed by atoms with van der Waals surface area (Å²) in [5.41, 5.74) is 5.77. The number of nitrogens with one attached hydrogen (secondary N) is 1. The van der Waals surface area contributed by atoms with Crippen molar-refractivity contribution in [1.29, 1.82) is 0 Å². The van der Waals surface area contributed by atoms with Crippen LogP contribution < -0.4 is 10.2 Å². The molecule has 0 amide bonds. The molecule has 1 spiro atoms. The summed E-state index contributed by atoms with van der Waals surface area (Å²) >= 11 is 0. The highest BCUT2D eigenvalue weighted by atomic mass is 15.3. The van der Waals surface area contributed by atoms with E-state index < -0.39 is 0 Å². The van der Waals surface area contributed by atoms with Crippen molar-refractivity contribution in [1.82, 2.24) is 29.5 Å². The van der Waals surface area contributed by atoms with Crippen LogP contribution in [0.25, 0.3) is 16.9 Å². The number of aryl methyl sites for hydroxylation is 3. The zero-order valence-electron chi connectivity index (χ0n) is 17.9. The van der Waals surface area contributed by atoms with Crippen LogP contribution >= 0.6 is 0 Å². The second-order valence-corrected chi connectivity index (χ2v) is 8.88. The number of piperidine rings is 1. The van der Waals surface area contributed by atoms with Gasteiger partial charge in [-0.3, -0.25) is 9.08 Å². The maximum absolute atomic E-state index is 5.08. The van der Waals surface area contributed by atoms with Gasteiger partial charge in [-0.05, 0) is 57.6 Å². The molecule has 0 bridgehead atoms. The molecule has 4 heterocycles. The van der Waals surface area contributed by atoms with Gasteiger partial charge in [0.2, 0.25) is 5.95 Å². The molecule has 154 valence electrons. The molecule has 5 rings (SSSR count). The van der Waals surface area contributed by atoms with E-state index in [9.17, 15) is 0 Å². The Hall–Kier alpha value is -2.41. The average molecular weight is 394 g/mol. The fourth-order valence-corrected chi connectivity index (χ4v) is 5.82. The summed E-state index contributed by atoms with van der Waals surface area (Å²) in [4.78, 5) is 12.3. The fourth-order valence-electron chi connectivity index (χ4n) is 5.82. The van der Waals surface area contributed by atoms with Gasteiger partial charge in [0.1, 0.15) is 0 Å². The van der Waals surface area contributed by atoms with Gasteiger partial charge in [0.05, 0.1) is 23.1 Å². The Bertz CT molecular complexity index is 1020. The minimum atomic E-state index is 0.472. The van der Waals surface area contributed by atoms with E-state index in [2.05, 4.69) is 40.6 Å². The van der Waals surface area contributed by atoms with E-state index in [1.807, 2.05) is 30.3 Å². The van der Waals surface area contributed by atoms with E-state index in [1.54, 1.807) is 0 Å². The minimum absolute atomic E-state index is 0.472. The molecule has 1 aliphatic heterocycles. The van der Waals surface area contributed by atoms with E-state index in [-0.39, 0.29) is 0 Å².